The van der Waals surface area contributed by atoms with Crippen LogP contribution < -0.4 is 0 Å². The fraction of sp³-hybridized carbons (Fsp3) is 0.333. The molecule has 0 aromatic heterocycles. The third-order valence-electron chi connectivity index (χ3n) is 1.57. The first-order chi connectivity index (χ1) is 5.24. The topological polar surface area (TPSA) is 20.2 Å². The SMILES string of the molecule is Cc1cccc(C(O)CCl)c1. The number of hydrogen-bond donors (Lipinski definition) is 1. The fourth-order valence-electron chi connectivity index (χ4n) is 0.966. The third-order valence-corrected chi connectivity index (χ3v) is 1.87. The van der Waals surface area contributed by atoms with E-state index in [1.807, 2.05) is 31.2 Å². The maximum absolute atomic E-state index is 9.32. The highest BCUT2D eigenvalue weighted by Crippen LogP contribution is 2.14. The second kappa shape index (κ2) is 3.74. The molecule has 11 heavy (non-hydrogen) atoms. The van der Waals surface area contributed by atoms with E-state index in [0.29, 0.717) is 0 Å². The summed E-state index contributed by atoms with van der Waals surface area (Å²) >= 11 is 5.49. The van der Waals surface area contributed by atoms with Gasteiger partial charge in [0, 0.05) is 0 Å². The van der Waals surface area contributed by atoms with E-state index >= 15 is 0 Å². The van der Waals surface area contributed by atoms with Crippen LogP contribution in [0.1, 0.15) is 17.2 Å². The fourth-order valence-corrected chi connectivity index (χ4v) is 1.14. The molecule has 0 radical (unpaired) electrons. The smallest absolute Gasteiger partial charge is 0.0925 e. The van der Waals surface area contributed by atoms with Crippen molar-refractivity contribution in [2.75, 3.05) is 5.88 Å². The average Bonchev–Trinajstić information content (AvgIpc) is 2.03. The number of halogens is 1. The summed E-state index contributed by atoms with van der Waals surface area (Å²) in [7, 11) is 0. The Hall–Kier alpha value is -0.530. The minimum Gasteiger partial charge on any atom is -0.387 e. The number of hydrogen-bond acceptors (Lipinski definition) is 1. The number of aryl methyl sites for hydroxylation is 1. The molecular formula is C9H11ClO. The normalized spacial score (nSPS) is 13.0. The highest BCUT2D eigenvalue weighted by Gasteiger charge is 2.03. The lowest BCUT2D eigenvalue weighted by Gasteiger charge is -2.06. The lowest BCUT2D eigenvalue weighted by Crippen LogP contribution is -1.97. The largest absolute Gasteiger partial charge is 0.387 e. The number of aliphatic hydroxyl groups excluding tert-OH is 1. The first-order valence-corrected chi connectivity index (χ1v) is 4.08. The van der Waals surface area contributed by atoms with Crippen LogP contribution in [0.2, 0.25) is 0 Å². The quantitative estimate of drug-likeness (QED) is 0.676. The molecule has 1 aromatic carbocycles. The summed E-state index contributed by atoms with van der Waals surface area (Å²) in [6, 6.07) is 7.72. The predicted molar refractivity (Wildman–Crippen MR) is 46.9 cm³/mol. The molecule has 0 saturated heterocycles. The van der Waals surface area contributed by atoms with Gasteiger partial charge in [0.15, 0.2) is 0 Å². The molecule has 0 amide bonds. The third kappa shape index (κ3) is 2.21. The van der Waals surface area contributed by atoms with Crippen LogP contribution in [0.5, 0.6) is 0 Å². The van der Waals surface area contributed by atoms with Crippen LogP contribution in [0.25, 0.3) is 0 Å². The highest BCUT2D eigenvalue weighted by molar-refractivity contribution is 6.18. The van der Waals surface area contributed by atoms with Gasteiger partial charge in [0.05, 0.1) is 12.0 Å². The Bertz CT molecular complexity index is 235. The first kappa shape index (κ1) is 8.57. The van der Waals surface area contributed by atoms with Crippen LogP contribution in [0.3, 0.4) is 0 Å². The van der Waals surface area contributed by atoms with Gasteiger partial charge in [-0.15, -0.1) is 11.6 Å². The molecule has 0 aliphatic heterocycles. The standard InChI is InChI=1S/C9H11ClO/c1-7-3-2-4-8(5-7)9(11)6-10/h2-5,9,11H,6H2,1H3. The summed E-state index contributed by atoms with van der Waals surface area (Å²) in [4.78, 5) is 0. The molecule has 1 unspecified atom stereocenters. The lowest BCUT2D eigenvalue weighted by atomic mass is 10.1. The molecule has 0 aliphatic carbocycles. The molecule has 1 atom stereocenters. The zero-order chi connectivity index (χ0) is 8.27. The maximum atomic E-state index is 9.32. The minimum absolute atomic E-state index is 0.253. The minimum atomic E-state index is -0.531. The van der Waals surface area contributed by atoms with Gasteiger partial charge in [-0.25, -0.2) is 0 Å². The van der Waals surface area contributed by atoms with Crippen molar-refractivity contribution < 1.29 is 5.11 Å². The Morgan fingerprint density at radius 3 is 2.82 bits per heavy atom. The van der Waals surface area contributed by atoms with Crippen LogP contribution >= 0.6 is 11.6 Å². The van der Waals surface area contributed by atoms with Crippen molar-refractivity contribution >= 4 is 11.6 Å². The van der Waals surface area contributed by atoms with E-state index in [9.17, 15) is 5.11 Å². The van der Waals surface area contributed by atoms with E-state index in [1.165, 1.54) is 0 Å². The lowest BCUT2D eigenvalue weighted by molar-refractivity contribution is 0.202. The summed E-state index contributed by atoms with van der Waals surface area (Å²) in [5.74, 6) is 0.253. The van der Waals surface area contributed by atoms with Crippen LogP contribution in [0, 0.1) is 6.92 Å². The highest BCUT2D eigenvalue weighted by atomic mass is 35.5. The molecule has 60 valence electrons. The molecule has 0 bridgehead atoms. The first-order valence-electron chi connectivity index (χ1n) is 3.54. The molecule has 0 aliphatic rings. The van der Waals surface area contributed by atoms with Gasteiger partial charge < -0.3 is 5.11 Å². The Kier molecular flexibility index (Phi) is 2.92. The Balaban J connectivity index is 2.86. The van der Waals surface area contributed by atoms with Crippen molar-refractivity contribution in [1.29, 1.82) is 0 Å². The van der Waals surface area contributed by atoms with E-state index in [2.05, 4.69) is 0 Å². The molecule has 1 N–H and O–H groups in total. The Morgan fingerprint density at radius 1 is 1.55 bits per heavy atom. The van der Waals surface area contributed by atoms with Gasteiger partial charge in [0.2, 0.25) is 0 Å². The molecule has 1 rings (SSSR count). The van der Waals surface area contributed by atoms with E-state index in [4.69, 9.17) is 11.6 Å². The van der Waals surface area contributed by atoms with Gasteiger partial charge in [-0.3, -0.25) is 0 Å². The van der Waals surface area contributed by atoms with Crippen molar-refractivity contribution in [3.05, 3.63) is 35.4 Å². The zero-order valence-electron chi connectivity index (χ0n) is 6.42. The predicted octanol–water partition coefficient (Wildman–Crippen LogP) is 2.27. The molecule has 0 heterocycles. The Labute approximate surface area is 71.6 Å². The monoisotopic (exact) mass is 170 g/mol. The van der Waals surface area contributed by atoms with Gasteiger partial charge in [0.25, 0.3) is 0 Å². The van der Waals surface area contributed by atoms with Crippen molar-refractivity contribution in [3.8, 4) is 0 Å². The van der Waals surface area contributed by atoms with E-state index in [-0.39, 0.29) is 5.88 Å². The Morgan fingerprint density at radius 2 is 2.27 bits per heavy atom. The number of benzene rings is 1. The number of alkyl halides is 1. The second-order valence-corrected chi connectivity index (χ2v) is 2.89. The second-order valence-electron chi connectivity index (χ2n) is 2.58. The van der Waals surface area contributed by atoms with Crippen molar-refractivity contribution in [2.45, 2.75) is 13.0 Å². The van der Waals surface area contributed by atoms with Crippen molar-refractivity contribution in [3.63, 3.8) is 0 Å². The summed E-state index contributed by atoms with van der Waals surface area (Å²) in [5.41, 5.74) is 2.03. The number of aliphatic hydroxyl groups is 1. The van der Waals surface area contributed by atoms with Crippen molar-refractivity contribution in [2.24, 2.45) is 0 Å². The summed E-state index contributed by atoms with van der Waals surface area (Å²) in [6.07, 6.45) is -0.531. The van der Waals surface area contributed by atoms with Gasteiger partial charge in [-0.05, 0) is 12.5 Å². The van der Waals surface area contributed by atoms with Gasteiger partial charge in [-0.1, -0.05) is 29.8 Å². The summed E-state index contributed by atoms with van der Waals surface area (Å²) < 4.78 is 0. The van der Waals surface area contributed by atoms with Crippen LogP contribution in [0.15, 0.2) is 24.3 Å². The van der Waals surface area contributed by atoms with E-state index in [1.54, 1.807) is 0 Å². The molecule has 0 fully saturated rings. The van der Waals surface area contributed by atoms with Crippen LogP contribution in [0.4, 0.5) is 0 Å². The molecule has 0 spiro atoms. The van der Waals surface area contributed by atoms with E-state index < -0.39 is 6.10 Å². The van der Waals surface area contributed by atoms with Crippen molar-refractivity contribution in [1.82, 2.24) is 0 Å². The van der Waals surface area contributed by atoms with Gasteiger partial charge in [0.1, 0.15) is 0 Å². The summed E-state index contributed by atoms with van der Waals surface area (Å²) in [5, 5.41) is 9.32. The molecule has 1 nitrogen and oxygen atoms in total. The molecule has 2 heteroatoms. The van der Waals surface area contributed by atoms with Crippen LogP contribution in [-0.4, -0.2) is 11.0 Å². The molecule has 1 aromatic rings. The zero-order valence-corrected chi connectivity index (χ0v) is 7.17. The van der Waals surface area contributed by atoms with E-state index in [0.717, 1.165) is 11.1 Å². The number of rotatable bonds is 2. The van der Waals surface area contributed by atoms with Gasteiger partial charge in [-0.2, -0.15) is 0 Å². The van der Waals surface area contributed by atoms with Gasteiger partial charge >= 0.3 is 0 Å². The average molecular weight is 171 g/mol. The van der Waals surface area contributed by atoms with Crippen LogP contribution in [-0.2, 0) is 0 Å². The maximum Gasteiger partial charge on any atom is 0.0925 e. The molecule has 0 saturated carbocycles. The molecular weight excluding hydrogens is 160 g/mol. The summed E-state index contributed by atoms with van der Waals surface area (Å²) in [6.45, 7) is 1.99.